The number of amides is 3. The average Bonchev–Trinajstić information content (AvgIpc) is 2.76. The molecule has 3 amide bonds. The monoisotopic (exact) mass is 480 g/mol. The van der Waals surface area contributed by atoms with E-state index < -0.39 is 29.2 Å². The lowest BCUT2D eigenvalue weighted by Crippen LogP contribution is -2.63. The molecular weight excluding hydrogens is 458 g/mol. The molecule has 0 saturated carbocycles. The van der Waals surface area contributed by atoms with Crippen molar-refractivity contribution in [3.63, 3.8) is 0 Å². The Morgan fingerprint density at radius 3 is 2.30 bits per heavy atom. The Balaban J connectivity index is 1.43. The summed E-state index contributed by atoms with van der Waals surface area (Å²) in [5.41, 5.74) is -2.86. The molecule has 0 radical (unpaired) electrons. The molecule has 3 heterocycles. The first-order valence-electron chi connectivity index (χ1n) is 10.4. The number of morpholine rings is 1. The van der Waals surface area contributed by atoms with Gasteiger partial charge in [-0.15, -0.1) is 0 Å². The van der Waals surface area contributed by atoms with Gasteiger partial charge in [-0.2, -0.15) is 26.3 Å². The van der Waals surface area contributed by atoms with Crippen molar-refractivity contribution in [1.82, 2.24) is 15.1 Å². The van der Waals surface area contributed by atoms with E-state index in [2.05, 4.69) is 5.32 Å². The number of rotatable bonds is 1. The summed E-state index contributed by atoms with van der Waals surface area (Å²) in [5.74, 6) is -0.263. The van der Waals surface area contributed by atoms with Gasteiger partial charge in [0.15, 0.2) is 0 Å². The first kappa shape index (κ1) is 23.5. The van der Waals surface area contributed by atoms with Crippen LogP contribution >= 0.6 is 0 Å². The van der Waals surface area contributed by atoms with Crippen molar-refractivity contribution in [1.29, 1.82) is 0 Å². The van der Waals surface area contributed by atoms with Crippen LogP contribution in [-0.4, -0.2) is 79.8 Å². The fourth-order valence-electron chi connectivity index (χ4n) is 4.42. The van der Waals surface area contributed by atoms with Crippen molar-refractivity contribution in [3.8, 4) is 0 Å². The third-order valence-corrected chi connectivity index (χ3v) is 6.12. The number of ether oxygens (including phenoxy) is 1. The number of nitrogens with one attached hydrogen (secondary N) is 1. The molecule has 2 atom stereocenters. The van der Waals surface area contributed by atoms with Crippen LogP contribution < -0.4 is 10.2 Å². The molecule has 33 heavy (non-hydrogen) atoms. The molecule has 13 heteroatoms. The molecule has 0 bridgehead atoms. The van der Waals surface area contributed by atoms with Crippen LogP contribution in [0, 0.1) is 0 Å². The van der Waals surface area contributed by atoms with E-state index in [-0.39, 0.29) is 63.4 Å². The number of carbonyl (C=O) groups is 2. The number of alkyl halides is 6. The van der Waals surface area contributed by atoms with E-state index in [9.17, 15) is 35.9 Å². The van der Waals surface area contributed by atoms with Gasteiger partial charge in [-0.3, -0.25) is 4.79 Å². The van der Waals surface area contributed by atoms with Gasteiger partial charge in [0.05, 0.1) is 23.3 Å². The summed E-state index contributed by atoms with van der Waals surface area (Å²) in [6, 6.07) is 0.721. The second-order valence-corrected chi connectivity index (χ2v) is 8.24. The van der Waals surface area contributed by atoms with E-state index in [4.69, 9.17) is 4.74 Å². The summed E-state index contributed by atoms with van der Waals surface area (Å²) >= 11 is 0. The number of urea groups is 1. The maximum absolute atomic E-state index is 13.4. The van der Waals surface area contributed by atoms with Crippen LogP contribution in [0.5, 0.6) is 0 Å². The van der Waals surface area contributed by atoms with Crippen LogP contribution in [0.25, 0.3) is 0 Å². The minimum Gasteiger partial charge on any atom is -0.367 e. The van der Waals surface area contributed by atoms with Crippen molar-refractivity contribution in [3.05, 3.63) is 29.3 Å². The summed E-state index contributed by atoms with van der Waals surface area (Å²) in [5, 5.41) is 2.79. The van der Waals surface area contributed by atoms with E-state index >= 15 is 0 Å². The Hall–Kier alpha value is -2.70. The first-order chi connectivity index (χ1) is 15.4. The molecule has 3 saturated heterocycles. The molecule has 1 aromatic carbocycles. The highest BCUT2D eigenvalue weighted by Gasteiger charge is 2.40. The van der Waals surface area contributed by atoms with Crippen molar-refractivity contribution in [2.24, 2.45) is 0 Å². The Morgan fingerprint density at radius 2 is 1.67 bits per heavy atom. The maximum Gasteiger partial charge on any atom is 0.418 e. The molecule has 0 unspecified atom stereocenters. The van der Waals surface area contributed by atoms with Gasteiger partial charge in [-0.05, 0) is 24.6 Å². The second kappa shape index (κ2) is 8.58. The van der Waals surface area contributed by atoms with Gasteiger partial charge in [0, 0.05) is 45.0 Å². The number of benzene rings is 1. The van der Waals surface area contributed by atoms with Crippen molar-refractivity contribution >= 4 is 17.6 Å². The van der Waals surface area contributed by atoms with Gasteiger partial charge in [-0.25, -0.2) is 4.79 Å². The number of hydrogen-bond donors (Lipinski definition) is 1. The quantitative estimate of drug-likeness (QED) is 0.628. The molecule has 7 nitrogen and oxygen atoms in total. The lowest BCUT2D eigenvalue weighted by Gasteiger charge is -2.44. The second-order valence-electron chi connectivity index (χ2n) is 8.24. The fourth-order valence-corrected chi connectivity index (χ4v) is 4.42. The molecule has 1 N–H and O–H groups in total. The van der Waals surface area contributed by atoms with Crippen molar-refractivity contribution < 1.29 is 40.7 Å². The van der Waals surface area contributed by atoms with Crippen molar-refractivity contribution in [2.45, 2.75) is 30.9 Å². The lowest BCUT2D eigenvalue weighted by atomic mass is 10.0. The van der Waals surface area contributed by atoms with E-state index in [0.717, 1.165) is 0 Å². The van der Waals surface area contributed by atoms with Crippen LogP contribution in [0.3, 0.4) is 0 Å². The summed E-state index contributed by atoms with van der Waals surface area (Å²) in [6.45, 7) is 0.654. The zero-order valence-electron chi connectivity index (χ0n) is 17.4. The highest BCUT2D eigenvalue weighted by molar-refractivity contribution is 5.79. The predicted octanol–water partition coefficient (Wildman–Crippen LogP) is 2.56. The SMILES string of the molecule is O=C1CO[C@H]2CCN(C(=O)N3CCN(c4cc(C(F)(F)F)ccc4C(F)(F)F)CC3)C[C@H]2N1. The number of nitrogens with zero attached hydrogens (tertiary/aromatic N) is 3. The molecular formula is C20H22F6N4O3. The topological polar surface area (TPSA) is 65.1 Å². The number of fused-ring (bicyclic) bond motifs is 1. The Bertz CT molecular complexity index is 914. The number of anilines is 1. The zero-order valence-corrected chi connectivity index (χ0v) is 17.4. The van der Waals surface area contributed by atoms with Gasteiger partial charge in [0.1, 0.15) is 6.61 Å². The van der Waals surface area contributed by atoms with Gasteiger partial charge in [0.2, 0.25) is 5.91 Å². The van der Waals surface area contributed by atoms with Crippen LogP contribution in [0.1, 0.15) is 17.5 Å². The molecule has 1 aromatic rings. The van der Waals surface area contributed by atoms with Crippen LogP contribution in [0.15, 0.2) is 18.2 Å². The molecule has 3 aliphatic heterocycles. The van der Waals surface area contributed by atoms with Gasteiger partial charge < -0.3 is 24.8 Å². The number of hydrogen-bond acceptors (Lipinski definition) is 4. The lowest BCUT2D eigenvalue weighted by molar-refractivity contribution is -0.141. The largest absolute Gasteiger partial charge is 0.418 e. The number of likely N-dealkylation sites (tertiary alicyclic amines) is 1. The molecule has 3 aliphatic rings. The van der Waals surface area contributed by atoms with E-state index in [1.165, 1.54) is 9.80 Å². The number of halogens is 6. The minimum absolute atomic E-state index is 0.0213. The molecule has 0 aliphatic carbocycles. The third-order valence-electron chi connectivity index (χ3n) is 6.12. The summed E-state index contributed by atoms with van der Waals surface area (Å²) in [7, 11) is 0. The Kier molecular flexibility index (Phi) is 6.10. The Labute approximate surface area is 185 Å². The van der Waals surface area contributed by atoms with Crippen LogP contribution in [0.4, 0.5) is 36.8 Å². The molecule has 0 spiro atoms. The highest BCUT2D eigenvalue weighted by Crippen LogP contribution is 2.40. The molecule has 3 fully saturated rings. The normalized spacial score (nSPS) is 24.4. The first-order valence-corrected chi connectivity index (χ1v) is 10.4. The molecule has 4 rings (SSSR count). The Morgan fingerprint density at radius 1 is 0.970 bits per heavy atom. The van der Waals surface area contributed by atoms with Gasteiger partial charge in [0.25, 0.3) is 0 Å². The van der Waals surface area contributed by atoms with Crippen LogP contribution in [-0.2, 0) is 21.9 Å². The smallest absolute Gasteiger partial charge is 0.367 e. The highest BCUT2D eigenvalue weighted by atomic mass is 19.4. The van der Waals surface area contributed by atoms with E-state index in [1.54, 1.807) is 4.90 Å². The fraction of sp³-hybridized carbons (Fsp3) is 0.600. The minimum atomic E-state index is -4.82. The van der Waals surface area contributed by atoms with Gasteiger partial charge >= 0.3 is 18.4 Å². The predicted molar refractivity (Wildman–Crippen MR) is 103 cm³/mol. The number of carbonyl (C=O) groups excluding carboxylic acids is 2. The molecule has 0 aromatic heterocycles. The molecule has 182 valence electrons. The number of piperidine rings is 1. The standard InChI is InChI=1S/C20H22F6N4O3/c21-19(22,23)12-1-2-13(20(24,25)26)15(9-12)28-5-7-29(8-6-28)18(32)30-4-3-16-14(10-30)27-17(31)11-33-16/h1-2,9,14,16H,3-8,10-11H2,(H,27,31)/t14-,16+/m1/s1. The van der Waals surface area contributed by atoms with Crippen LogP contribution in [0.2, 0.25) is 0 Å². The summed E-state index contributed by atoms with van der Waals surface area (Å²) in [4.78, 5) is 28.7. The van der Waals surface area contributed by atoms with E-state index in [0.29, 0.717) is 31.2 Å². The van der Waals surface area contributed by atoms with Gasteiger partial charge in [-0.1, -0.05) is 0 Å². The van der Waals surface area contributed by atoms with E-state index in [1.807, 2.05) is 0 Å². The van der Waals surface area contributed by atoms with Crippen molar-refractivity contribution in [2.75, 3.05) is 50.8 Å². The summed E-state index contributed by atoms with van der Waals surface area (Å²) in [6.07, 6.45) is -9.23. The number of piperazine rings is 1. The third kappa shape index (κ3) is 4.97. The zero-order chi connectivity index (χ0) is 24.0. The summed E-state index contributed by atoms with van der Waals surface area (Å²) < 4.78 is 85.0. The average molecular weight is 480 g/mol. The maximum atomic E-state index is 13.4.